The molecule has 0 unspecified atom stereocenters. The second-order valence-corrected chi connectivity index (χ2v) is 5.52. The Labute approximate surface area is 77.1 Å². The number of hydrogen-bond donors (Lipinski definition) is 0. The van der Waals surface area contributed by atoms with Gasteiger partial charge < -0.3 is 0 Å². The van der Waals surface area contributed by atoms with Crippen molar-refractivity contribution in [2.75, 3.05) is 13.1 Å². The van der Waals surface area contributed by atoms with Crippen molar-refractivity contribution in [2.45, 2.75) is 46.6 Å². The van der Waals surface area contributed by atoms with Gasteiger partial charge in [0.25, 0.3) is 0 Å². The van der Waals surface area contributed by atoms with Gasteiger partial charge in [-0.05, 0) is 39.0 Å². The van der Waals surface area contributed by atoms with E-state index in [9.17, 15) is 0 Å². The third kappa shape index (κ3) is 2.48. The number of nitrogens with zero attached hydrogens (tertiary/aromatic N) is 1. The van der Waals surface area contributed by atoms with Crippen LogP contribution in [0.25, 0.3) is 0 Å². The van der Waals surface area contributed by atoms with Crippen LogP contribution < -0.4 is 0 Å². The van der Waals surface area contributed by atoms with Crippen molar-refractivity contribution in [1.29, 1.82) is 0 Å². The van der Waals surface area contributed by atoms with E-state index in [1.54, 1.807) is 0 Å². The summed E-state index contributed by atoms with van der Waals surface area (Å²) in [5.74, 6) is 1.76. The smallest absolute Gasteiger partial charge is 0.0125 e. The van der Waals surface area contributed by atoms with Gasteiger partial charge in [-0.3, -0.25) is 4.90 Å². The lowest BCUT2D eigenvalue weighted by Crippen LogP contribution is -2.49. The van der Waals surface area contributed by atoms with Crippen LogP contribution in [0.15, 0.2) is 0 Å². The zero-order valence-corrected chi connectivity index (χ0v) is 9.22. The Morgan fingerprint density at radius 2 is 1.42 bits per heavy atom. The van der Waals surface area contributed by atoms with Gasteiger partial charge in [0, 0.05) is 18.6 Å². The van der Waals surface area contributed by atoms with Crippen LogP contribution >= 0.6 is 0 Å². The molecule has 0 N–H and O–H groups in total. The number of hydrogen-bond acceptors (Lipinski definition) is 1. The van der Waals surface area contributed by atoms with Crippen molar-refractivity contribution in [3.8, 4) is 0 Å². The minimum atomic E-state index is 0.364. The maximum atomic E-state index is 2.62. The van der Waals surface area contributed by atoms with Crippen molar-refractivity contribution < 1.29 is 0 Å². The van der Waals surface area contributed by atoms with Crippen LogP contribution in [0.1, 0.15) is 41.0 Å². The van der Waals surface area contributed by atoms with Gasteiger partial charge in [-0.15, -0.1) is 0 Å². The monoisotopic (exact) mass is 169 g/mol. The van der Waals surface area contributed by atoms with Crippen molar-refractivity contribution in [2.24, 2.45) is 11.8 Å². The molecule has 12 heavy (non-hydrogen) atoms. The average molecular weight is 169 g/mol. The quantitative estimate of drug-likeness (QED) is 0.539. The van der Waals surface area contributed by atoms with Crippen LogP contribution in [0, 0.1) is 11.8 Å². The fourth-order valence-corrected chi connectivity index (χ4v) is 2.21. The Morgan fingerprint density at radius 1 is 1.00 bits per heavy atom. The first-order chi connectivity index (χ1) is 5.39. The van der Waals surface area contributed by atoms with Crippen LogP contribution in [0.4, 0.5) is 0 Å². The van der Waals surface area contributed by atoms with E-state index in [0.717, 1.165) is 11.8 Å². The van der Waals surface area contributed by atoms with Gasteiger partial charge in [0.15, 0.2) is 0 Å². The molecule has 1 nitrogen and oxygen atoms in total. The first kappa shape index (κ1) is 10.0. The van der Waals surface area contributed by atoms with Gasteiger partial charge in [0.2, 0.25) is 0 Å². The van der Waals surface area contributed by atoms with E-state index >= 15 is 0 Å². The van der Waals surface area contributed by atoms with E-state index in [-0.39, 0.29) is 0 Å². The molecular weight excluding hydrogens is 146 g/mol. The molecule has 0 saturated carbocycles. The summed E-state index contributed by atoms with van der Waals surface area (Å²) >= 11 is 0. The first-order valence-corrected chi connectivity index (χ1v) is 5.14. The van der Waals surface area contributed by atoms with E-state index in [2.05, 4.69) is 39.5 Å². The summed E-state index contributed by atoms with van der Waals surface area (Å²) < 4.78 is 0. The minimum absolute atomic E-state index is 0.364. The first-order valence-electron chi connectivity index (χ1n) is 5.14. The molecule has 0 aromatic carbocycles. The molecule has 1 fully saturated rings. The summed E-state index contributed by atoms with van der Waals surface area (Å²) in [5.41, 5.74) is 0.364. The third-order valence-electron chi connectivity index (χ3n) is 2.82. The van der Waals surface area contributed by atoms with E-state index in [1.807, 2.05) is 0 Å². The normalized spacial score (nSPS) is 33.8. The highest BCUT2D eigenvalue weighted by molar-refractivity contribution is 4.83. The van der Waals surface area contributed by atoms with Crippen molar-refractivity contribution in [3.63, 3.8) is 0 Å². The molecule has 1 aliphatic heterocycles. The van der Waals surface area contributed by atoms with E-state index < -0.39 is 0 Å². The summed E-state index contributed by atoms with van der Waals surface area (Å²) in [6, 6.07) is 0. The van der Waals surface area contributed by atoms with Crippen LogP contribution in [0.5, 0.6) is 0 Å². The van der Waals surface area contributed by atoms with Gasteiger partial charge in [-0.1, -0.05) is 13.8 Å². The molecule has 0 bridgehead atoms. The molecule has 0 aromatic rings. The lowest BCUT2D eigenvalue weighted by Gasteiger charge is -2.43. The minimum Gasteiger partial charge on any atom is -0.298 e. The molecule has 1 saturated heterocycles. The predicted octanol–water partition coefficient (Wildman–Crippen LogP) is 2.76. The summed E-state index contributed by atoms with van der Waals surface area (Å²) in [5, 5.41) is 0. The molecule has 72 valence electrons. The van der Waals surface area contributed by atoms with Crippen LogP contribution in [0.3, 0.4) is 0 Å². The van der Waals surface area contributed by atoms with E-state index in [0.29, 0.717) is 5.54 Å². The lowest BCUT2D eigenvalue weighted by molar-refractivity contribution is 0.0570. The fourth-order valence-electron chi connectivity index (χ4n) is 2.21. The number of likely N-dealkylation sites (tertiary alicyclic amines) is 1. The molecular formula is C11H23N. The highest BCUT2D eigenvalue weighted by Crippen LogP contribution is 2.26. The lowest BCUT2D eigenvalue weighted by atomic mass is 9.88. The zero-order chi connectivity index (χ0) is 9.35. The molecule has 1 heterocycles. The molecule has 1 rings (SSSR count). The number of piperidine rings is 1. The second-order valence-electron chi connectivity index (χ2n) is 5.52. The Kier molecular flexibility index (Phi) is 2.82. The molecule has 1 aliphatic rings. The summed E-state index contributed by atoms with van der Waals surface area (Å²) in [6.07, 6.45) is 1.41. The molecule has 0 aliphatic carbocycles. The molecule has 0 amide bonds. The Morgan fingerprint density at radius 3 is 1.75 bits per heavy atom. The zero-order valence-electron chi connectivity index (χ0n) is 9.22. The SMILES string of the molecule is C[C@@H]1C[C@@H](C)CN(C(C)(C)C)C1. The predicted molar refractivity (Wildman–Crippen MR) is 54.3 cm³/mol. The van der Waals surface area contributed by atoms with Gasteiger partial charge in [-0.25, -0.2) is 0 Å². The van der Waals surface area contributed by atoms with Crippen LogP contribution in [-0.4, -0.2) is 23.5 Å². The Bertz CT molecular complexity index is 136. The third-order valence-corrected chi connectivity index (χ3v) is 2.82. The van der Waals surface area contributed by atoms with E-state index in [4.69, 9.17) is 0 Å². The second kappa shape index (κ2) is 3.37. The average Bonchev–Trinajstić information content (AvgIpc) is 1.82. The topological polar surface area (TPSA) is 3.24 Å². The number of rotatable bonds is 0. The van der Waals surface area contributed by atoms with E-state index in [1.165, 1.54) is 19.5 Å². The Balaban J connectivity index is 2.55. The van der Waals surface area contributed by atoms with Crippen molar-refractivity contribution >= 4 is 0 Å². The largest absolute Gasteiger partial charge is 0.298 e. The van der Waals surface area contributed by atoms with Gasteiger partial charge >= 0.3 is 0 Å². The molecule has 0 radical (unpaired) electrons. The van der Waals surface area contributed by atoms with Gasteiger partial charge in [-0.2, -0.15) is 0 Å². The van der Waals surface area contributed by atoms with Crippen LogP contribution in [-0.2, 0) is 0 Å². The summed E-state index contributed by atoms with van der Waals surface area (Å²) in [6.45, 7) is 14.3. The fraction of sp³-hybridized carbons (Fsp3) is 1.00. The van der Waals surface area contributed by atoms with Crippen molar-refractivity contribution in [3.05, 3.63) is 0 Å². The summed E-state index contributed by atoms with van der Waals surface area (Å²) in [7, 11) is 0. The molecule has 0 spiro atoms. The molecule has 1 heteroatoms. The standard InChI is InChI=1S/C11H23N/c1-9-6-10(2)8-12(7-9)11(3,4)5/h9-10H,6-8H2,1-5H3/t9-,10-/m1/s1. The van der Waals surface area contributed by atoms with Gasteiger partial charge in [0.1, 0.15) is 0 Å². The highest BCUT2D eigenvalue weighted by Gasteiger charge is 2.28. The molecule has 2 atom stereocenters. The van der Waals surface area contributed by atoms with Crippen LogP contribution in [0.2, 0.25) is 0 Å². The molecule has 0 aromatic heterocycles. The highest BCUT2D eigenvalue weighted by atomic mass is 15.2. The maximum absolute atomic E-state index is 2.62. The Hall–Kier alpha value is -0.0400. The van der Waals surface area contributed by atoms with Crippen molar-refractivity contribution in [1.82, 2.24) is 4.90 Å². The van der Waals surface area contributed by atoms with Gasteiger partial charge in [0.05, 0.1) is 0 Å². The summed E-state index contributed by atoms with van der Waals surface area (Å²) in [4.78, 5) is 2.62. The maximum Gasteiger partial charge on any atom is 0.0125 e.